The zero-order chi connectivity index (χ0) is 18.7. The van der Waals surface area contributed by atoms with Gasteiger partial charge >= 0.3 is 6.03 Å². The van der Waals surface area contributed by atoms with Gasteiger partial charge in [-0.1, -0.05) is 6.07 Å². The smallest absolute Gasteiger partial charge is 0.322 e. The Morgan fingerprint density at radius 1 is 1.31 bits per heavy atom. The SMILES string of the molecule is COc1cc(CNC(=O)c2ccc(N3CCNC3=O)c(C)c2)ccc1O. The number of urea groups is 1. The van der Waals surface area contributed by atoms with Gasteiger partial charge in [-0.2, -0.15) is 0 Å². The number of hydrogen-bond acceptors (Lipinski definition) is 4. The Balaban J connectivity index is 1.68. The van der Waals surface area contributed by atoms with E-state index in [2.05, 4.69) is 10.6 Å². The van der Waals surface area contributed by atoms with Gasteiger partial charge in [0.1, 0.15) is 0 Å². The third-order valence-electron chi connectivity index (χ3n) is 4.30. The second kappa shape index (κ2) is 7.35. The van der Waals surface area contributed by atoms with Crippen molar-refractivity contribution in [1.82, 2.24) is 10.6 Å². The number of ether oxygens (including phenoxy) is 1. The summed E-state index contributed by atoms with van der Waals surface area (Å²) in [6, 6.07) is 10.1. The van der Waals surface area contributed by atoms with Crippen LogP contribution in [0.1, 0.15) is 21.5 Å². The molecule has 26 heavy (non-hydrogen) atoms. The number of phenolic OH excluding ortho intramolecular Hbond substituents is 1. The predicted octanol–water partition coefficient (Wildman–Crippen LogP) is 2.17. The summed E-state index contributed by atoms with van der Waals surface area (Å²) in [6.07, 6.45) is 0. The van der Waals surface area contributed by atoms with Crippen LogP contribution in [0.4, 0.5) is 10.5 Å². The molecule has 3 amide bonds. The number of hydrogen-bond donors (Lipinski definition) is 3. The topological polar surface area (TPSA) is 90.9 Å². The molecule has 0 atom stereocenters. The molecule has 3 rings (SSSR count). The number of aromatic hydroxyl groups is 1. The Kier molecular flexibility index (Phi) is 4.97. The van der Waals surface area contributed by atoms with Gasteiger partial charge in [-0.3, -0.25) is 9.69 Å². The van der Waals surface area contributed by atoms with E-state index in [4.69, 9.17) is 4.74 Å². The van der Waals surface area contributed by atoms with Gasteiger partial charge in [-0.05, 0) is 48.4 Å². The van der Waals surface area contributed by atoms with Crippen molar-refractivity contribution >= 4 is 17.6 Å². The maximum Gasteiger partial charge on any atom is 0.322 e. The molecule has 0 bridgehead atoms. The molecule has 2 aromatic carbocycles. The number of amides is 3. The van der Waals surface area contributed by atoms with Crippen LogP contribution in [0.25, 0.3) is 0 Å². The van der Waals surface area contributed by atoms with Crippen molar-refractivity contribution in [1.29, 1.82) is 0 Å². The molecule has 0 aromatic heterocycles. The average Bonchev–Trinajstić information content (AvgIpc) is 3.06. The number of nitrogens with zero attached hydrogens (tertiary/aromatic N) is 1. The van der Waals surface area contributed by atoms with Crippen LogP contribution in [-0.4, -0.2) is 37.2 Å². The van der Waals surface area contributed by atoms with E-state index in [0.29, 0.717) is 30.9 Å². The Morgan fingerprint density at radius 2 is 2.12 bits per heavy atom. The Labute approximate surface area is 151 Å². The predicted molar refractivity (Wildman–Crippen MR) is 97.8 cm³/mol. The zero-order valence-corrected chi connectivity index (χ0v) is 14.7. The van der Waals surface area contributed by atoms with Crippen LogP contribution in [0.15, 0.2) is 36.4 Å². The first-order valence-electron chi connectivity index (χ1n) is 8.29. The lowest BCUT2D eigenvalue weighted by atomic mass is 10.1. The highest BCUT2D eigenvalue weighted by atomic mass is 16.5. The molecule has 7 nitrogen and oxygen atoms in total. The molecule has 7 heteroatoms. The van der Waals surface area contributed by atoms with Crippen molar-refractivity contribution in [3.05, 3.63) is 53.1 Å². The molecule has 0 unspecified atom stereocenters. The van der Waals surface area contributed by atoms with Crippen LogP contribution < -0.4 is 20.3 Å². The first kappa shape index (κ1) is 17.6. The van der Waals surface area contributed by atoms with E-state index in [1.807, 2.05) is 6.92 Å². The maximum absolute atomic E-state index is 12.4. The van der Waals surface area contributed by atoms with Gasteiger partial charge in [0.05, 0.1) is 7.11 Å². The van der Waals surface area contributed by atoms with Crippen molar-refractivity contribution in [2.75, 3.05) is 25.1 Å². The van der Waals surface area contributed by atoms with E-state index < -0.39 is 0 Å². The standard InChI is InChI=1S/C19H21N3O4/c1-12-9-14(4-5-15(12)22-8-7-20-19(22)25)18(24)21-11-13-3-6-16(23)17(10-13)26-2/h3-6,9-10,23H,7-8,11H2,1-2H3,(H,20,25)(H,21,24). The average molecular weight is 355 g/mol. The van der Waals surface area contributed by atoms with E-state index >= 15 is 0 Å². The van der Waals surface area contributed by atoms with E-state index in [-0.39, 0.29) is 17.7 Å². The van der Waals surface area contributed by atoms with Crippen LogP contribution >= 0.6 is 0 Å². The van der Waals surface area contributed by atoms with Gasteiger partial charge in [0.25, 0.3) is 5.91 Å². The summed E-state index contributed by atoms with van der Waals surface area (Å²) >= 11 is 0. The third-order valence-corrected chi connectivity index (χ3v) is 4.30. The molecule has 1 saturated heterocycles. The number of carbonyl (C=O) groups excluding carboxylic acids is 2. The first-order chi connectivity index (χ1) is 12.5. The minimum atomic E-state index is -0.211. The number of rotatable bonds is 5. The molecular weight excluding hydrogens is 334 g/mol. The van der Waals surface area contributed by atoms with Gasteiger partial charge in [-0.25, -0.2) is 4.79 Å². The Bertz CT molecular complexity index is 851. The number of carbonyl (C=O) groups is 2. The van der Waals surface area contributed by atoms with E-state index in [9.17, 15) is 14.7 Å². The van der Waals surface area contributed by atoms with Crippen molar-refractivity contribution in [3.8, 4) is 11.5 Å². The lowest BCUT2D eigenvalue weighted by molar-refractivity contribution is 0.0951. The van der Waals surface area contributed by atoms with E-state index in [0.717, 1.165) is 16.8 Å². The summed E-state index contributed by atoms with van der Waals surface area (Å²) in [5, 5.41) is 15.2. The van der Waals surface area contributed by atoms with Crippen LogP contribution in [0.5, 0.6) is 11.5 Å². The van der Waals surface area contributed by atoms with Crippen LogP contribution in [0.2, 0.25) is 0 Å². The number of anilines is 1. The lowest BCUT2D eigenvalue weighted by Crippen LogP contribution is -2.28. The number of nitrogens with one attached hydrogen (secondary N) is 2. The van der Waals surface area contributed by atoms with Gasteiger partial charge in [0.2, 0.25) is 0 Å². The Hall–Kier alpha value is -3.22. The fourth-order valence-electron chi connectivity index (χ4n) is 2.92. The van der Waals surface area contributed by atoms with Crippen LogP contribution in [0, 0.1) is 6.92 Å². The van der Waals surface area contributed by atoms with Crippen molar-refractivity contribution in [3.63, 3.8) is 0 Å². The fourth-order valence-corrected chi connectivity index (χ4v) is 2.92. The molecule has 1 aliphatic rings. The largest absolute Gasteiger partial charge is 0.504 e. The lowest BCUT2D eigenvalue weighted by Gasteiger charge is -2.17. The second-order valence-electron chi connectivity index (χ2n) is 6.07. The van der Waals surface area contributed by atoms with Gasteiger partial charge in [0, 0.05) is 30.9 Å². The van der Waals surface area contributed by atoms with Gasteiger partial charge < -0.3 is 20.5 Å². The third kappa shape index (κ3) is 3.56. The molecule has 1 aliphatic heterocycles. The fraction of sp³-hybridized carbons (Fsp3) is 0.263. The first-order valence-corrected chi connectivity index (χ1v) is 8.29. The van der Waals surface area contributed by atoms with Gasteiger partial charge in [-0.15, -0.1) is 0 Å². The monoisotopic (exact) mass is 355 g/mol. The molecule has 1 fully saturated rings. The van der Waals surface area contributed by atoms with Crippen molar-refractivity contribution < 1.29 is 19.4 Å². The number of aryl methyl sites for hydroxylation is 1. The van der Waals surface area contributed by atoms with E-state index in [1.54, 1.807) is 35.2 Å². The van der Waals surface area contributed by atoms with Crippen LogP contribution in [0.3, 0.4) is 0 Å². The Morgan fingerprint density at radius 3 is 2.77 bits per heavy atom. The molecule has 136 valence electrons. The summed E-state index contributed by atoms with van der Waals surface area (Å²) in [6.45, 7) is 3.43. The minimum Gasteiger partial charge on any atom is -0.504 e. The molecule has 0 saturated carbocycles. The van der Waals surface area contributed by atoms with Crippen LogP contribution in [-0.2, 0) is 6.54 Å². The minimum absolute atomic E-state index is 0.0553. The highest BCUT2D eigenvalue weighted by Crippen LogP contribution is 2.26. The maximum atomic E-state index is 12.4. The zero-order valence-electron chi connectivity index (χ0n) is 14.7. The summed E-state index contributed by atoms with van der Waals surface area (Å²) < 4.78 is 5.06. The molecule has 0 spiro atoms. The summed E-state index contributed by atoms with van der Waals surface area (Å²) in [7, 11) is 1.47. The van der Waals surface area contributed by atoms with Crippen molar-refractivity contribution in [2.24, 2.45) is 0 Å². The highest BCUT2D eigenvalue weighted by Gasteiger charge is 2.22. The number of methoxy groups -OCH3 is 1. The summed E-state index contributed by atoms with van der Waals surface area (Å²) in [4.78, 5) is 25.9. The number of phenols is 1. The second-order valence-corrected chi connectivity index (χ2v) is 6.07. The quantitative estimate of drug-likeness (QED) is 0.767. The highest BCUT2D eigenvalue weighted by molar-refractivity contribution is 5.97. The van der Waals surface area contributed by atoms with E-state index in [1.165, 1.54) is 13.2 Å². The molecule has 0 aliphatic carbocycles. The summed E-state index contributed by atoms with van der Waals surface area (Å²) in [5.74, 6) is 0.207. The van der Waals surface area contributed by atoms with Crippen molar-refractivity contribution in [2.45, 2.75) is 13.5 Å². The van der Waals surface area contributed by atoms with Gasteiger partial charge in [0.15, 0.2) is 11.5 Å². The molecule has 1 heterocycles. The molecule has 0 radical (unpaired) electrons. The normalized spacial score (nSPS) is 13.5. The molecule has 2 aromatic rings. The number of benzene rings is 2. The molecule has 3 N–H and O–H groups in total. The molecular formula is C19H21N3O4. The summed E-state index contributed by atoms with van der Waals surface area (Å²) in [5.41, 5.74) is 3.01.